The number of carbonyl (C=O) groups is 1. The molecule has 1 heterocycles. The van der Waals surface area contributed by atoms with Crippen molar-refractivity contribution in [3.05, 3.63) is 0 Å². The summed E-state index contributed by atoms with van der Waals surface area (Å²) in [5, 5.41) is 6.01. The van der Waals surface area contributed by atoms with Crippen molar-refractivity contribution in [3.63, 3.8) is 0 Å². The Kier molecular flexibility index (Phi) is 4.04. The van der Waals surface area contributed by atoms with Crippen molar-refractivity contribution in [2.75, 3.05) is 19.6 Å². The van der Waals surface area contributed by atoms with Crippen LogP contribution in [0.15, 0.2) is 0 Å². The van der Waals surface area contributed by atoms with Crippen molar-refractivity contribution in [2.45, 2.75) is 25.3 Å². The van der Waals surface area contributed by atoms with Crippen LogP contribution in [-0.2, 0) is 4.79 Å². The molecular formula is C8H17N3O. The number of hydrogen-bond donors (Lipinski definition) is 3. The molecule has 1 rings (SSSR count). The van der Waals surface area contributed by atoms with Gasteiger partial charge in [-0.3, -0.25) is 4.79 Å². The summed E-state index contributed by atoms with van der Waals surface area (Å²) in [6, 6.07) is 0.0188. The van der Waals surface area contributed by atoms with Gasteiger partial charge >= 0.3 is 0 Å². The Hall–Kier alpha value is -0.610. The molecule has 1 unspecified atom stereocenters. The molecule has 0 aromatic carbocycles. The van der Waals surface area contributed by atoms with Gasteiger partial charge in [0.05, 0.1) is 6.04 Å². The summed E-state index contributed by atoms with van der Waals surface area (Å²) in [6.07, 6.45) is 2.96. The fourth-order valence-electron chi connectivity index (χ4n) is 1.35. The van der Waals surface area contributed by atoms with Crippen molar-refractivity contribution < 1.29 is 4.79 Å². The number of amides is 1. The Morgan fingerprint density at radius 3 is 3.17 bits per heavy atom. The van der Waals surface area contributed by atoms with Gasteiger partial charge in [0.1, 0.15) is 0 Å². The molecule has 0 radical (unpaired) electrons. The summed E-state index contributed by atoms with van der Waals surface area (Å²) in [5.74, 6) is 0.137. The Bertz CT molecular complexity index is 149. The van der Waals surface area contributed by atoms with Crippen LogP contribution in [0.3, 0.4) is 0 Å². The normalized spacial score (nSPS) is 23.8. The van der Waals surface area contributed by atoms with E-state index in [2.05, 4.69) is 10.6 Å². The van der Waals surface area contributed by atoms with Crippen LogP contribution in [0.1, 0.15) is 19.3 Å². The number of nitrogens with one attached hydrogen (secondary N) is 2. The molecule has 0 saturated carbocycles. The van der Waals surface area contributed by atoms with E-state index in [-0.39, 0.29) is 11.9 Å². The molecule has 0 aliphatic carbocycles. The van der Waals surface area contributed by atoms with Gasteiger partial charge in [0.15, 0.2) is 0 Å². The topological polar surface area (TPSA) is 67.2 Å². The third-order valence-corrected chi connectivity index (χ3v) is 2.06. The largest absolute Gasteiger partial charge is 0.355 e. The maximum atomic E-state index is 11.2. The van der Waals surface area contributed by atoms with Crippen LogP contribution in [0, 0.1) is 0 Å². The third kappa shape index (κ3) is 2.79. The van der Waals surface area contributed by atoms with E-state index < -0.39 is 0 Å². The molecule has 1 aliphatic rings. The van der Waals surface area contributed by atoms with E-state index >= 15 is 0 Å². The smallest absolute Gasteiger partial charge is 0.237 e. The van der Waals surface area contributed by atoms with E-state index in [1.54, 1.807) is 0 Å². The van der Waals surface area contributed by atoms with Crippen LogP contribution < -0.4 is 16.4 Å². The summed E-state index contributed by atoms with van der Waals surface area (Å²) >= 11 is 0. The average molecular weight is 171 g/mol. The van der Waals surface area contributed by atoms with Gasteiger partial charge in [-0.05, 0) is 32.4 Å². The molecule has 4 N–H and O–H groups in total. The summed E-state index contributed by atoms with van der Waals surface area (Å²) in [5.41, 5.74) is 5.34. The maximum absolute atomic E-state index is 11.2. The number of carbonyl (C=O) groups excluding carboxylic acids is 1. The molecule has 12 heavy (non-hydrogen) atoms. The van der Waals surface area contributed by atoms with E-state index in [1.165, 1.54) is 0 Å². The minimum atomic E-state index is 0.0188. The lowest BCUT2D eigenvalue weighted by molar-refractivity contribution is -0.124. The van der Waals surface area contributed by atoms with Gasteiger partial charge in [-0.1, -0.05) is 0 Å². The molecule has 1 saturated heterocycles. The highest BCUT2D eigenvalue weighted by molar-refractivity contribution is 5.82. The van der Waals surface area contributed by atoms with Crippen LogP contribution >= 0.6 is 0 Å². The van der Waals surface area contributed by atoms with Crippen LogP contribution in [0.5, 0.6) is 0 Å². The SMILES string of the molecule is NCCCNC1CCCNC1=O. The standard InChI is InChI=1S/C8H17N3O/c9-4-2-6-10-7-3-1-5-11-8(7)12/h7,10H,1-6,9H2,(H,11,12). The predicted molar refractivity (Wildman–Crippen MR) is 47.7 cm³/mol. The second-order valence-corrected chi connectivity index (χ2v) is 3.08. The third-order valence-electron chi connectivity index (χ3n) is 2.06. The molecule has 70 valence electrons. The van der Waals surface area contributed by atoms with E-state index in [0.717, 1.165) is 32.4 Å². The summed E-state index contributed by atoms with van der Waals surface area (Å²) in [7, 11) is 0. The van der Waals surface area contributed by atoms with Crippen molar-refractivity contribution in [1.29, 1.82) is 0 Å². The number of hydrogen-bond acceptors (Lipinski definition) is 3. The molecule has 0 aromatic heterocycles. The first kappa shape index (κ1) is 9.48. The zero-order valence-corrected chi connectivity index (χ0v) is 7.31. The number of rotatable bonds is 4. The molecule has 1 aliphatic heterocycles. The summed E-state index contributed by atoms with van der Waals surface area (Å²) < 4.78 is 0. The lowest BCUT2D eigenvalue weighted by atomic mass is 10.1. The molecule has 4 nitrogen and oxygen atoms in total. The van der Waals surface area contributed by atoms with Gasteiger partial charge in [-0.25, -0.2) is 0 Å². The van der Waals surface area contributed by atoms with Gasteiger partial charge in [-0.15, -0.1) is 0 Å². The van der Waals surface area contributed by atoms with Crippen molar-refractivity contribution >= 4 is 5.91 Å². The maximum Gasteiger partial charge on any atom is 0.237 e. The second kappa shape index (κ2) is 5.11. The average Bonchev–Trinajstić information content (AvgIpc) is 2.09. The molecular weight excluding hydrogens is 154 g/mol. The van der Waals surface area contributed by atoms with Crippen LogP contribution in [0.25, 0.3) is 0 Å². The molecule has 0 aromatic rings. The van der Waals surface area contributed by atoms with Crippen LogP contribution in [0.4, 0.5) is 0 Å². The van der Waals surface area contributed by atoms with E-state index in [9.17, 15) is 4.79 Å². The molecule has 1 atom stereocenters. The Balaban J connectivity index is 2.16. The van der Waals surface area contributed by atoms with E-state index in [1.807, 2.05) is 0 Å². The van der Waals surface area contributed by atoms with Gasteiger partial charge in [0, 0.05) is 6.54 Å². The first-order chi connectivity index (χ1) is 5.84. The lowest BCUT2D eigenvalue weighted by Crippen LogP contribution is -2.48. The van der Waals surface area contributed by atoms with Gasteiger partial charge in [-0.2, -0.15) is 0 Å². The Morgan fingerprint density at radius 2 is 2.50 bits per heavy atom. The van der Waals surface area contributed by atoms with Gasteiger partial charge in [0.25, 0.3) is 0 Å². The predicted octanol–water partition coefficient (Wildman–Crippen LogP) is -0.797. The fourth-order valence-corrected chi connectivity index (χ4v) is 1.35. The zero-order valence-electron chi connectivity index (χ0n) is 7.31. The van der Waals surface area contributed by atoms with Crippen molar-refractivity contribution in [3.8, 4) is 0 Å². The lowest BCUT2D eigenvalue weighted by Gasteiger charge is -2.22. The summed E-state index contributed by atoms with van der Waals surface area (Å²) in [6.45, 7) is 2.35. The summed E-state index contributed by atoms with van der Waals surface area (Å²) in [4.78, 5) is 11.2. The fraction of sp³-hybridized carbons (Fsp3) is 0.875. The van der Waals surface area contributed by atoms with Crippen LogP contribution in [0.2, 0.25) is 0 Å². The molecule has 4 heteroatoms. The highest BCUT2D eigenvalue weighted by atomic mass is 16.2. The zero-order chi connectivity index (χ0) is 8.81. The Labute approximate surface area is 72.9 Å². The second-order valence-electron chi connectivity index (χ2n) is 3.08. The van der Waals surface area contributed by atoms with Gasteiger partial charge in [0.2, 0.25) is 5.91 Å². The number of nitrogens with two attached hydrogens (primary N) is 1. The van der Waals surface area contributed by atoms with E-state index in [0.29, 0.717) is 6.54 Å². The Morgan fingerprint density at radius 1 is 1.67 bits per heavy atom. The molecule has 0 spiro atoms. The minimum absolute atomic E-state index is 0.0188. The first-order valence-electron chi connectivity index (χ1n) is 4.56. The molecule has 1 fully saturated rings. The number of piperidine rings is 1. The van der Waals surface area contributed by atoms with Crippen molar-refractivity contribution in [2.24, 2.45) is 5.73 Å². The van der Waals surface area contributed by atoms with Crippen LogP contribution in [-0.4, -0.2) is 31.6 Å². The van der Waals surface area contributed by atoms with Crippen molar-refractivity contribution in [1.82, 2.24) is 10.6 Å². The minimum Gasteiger partial charge on any atom is -0.355 e. The highest BCUT2D eigenvalue weighted by Gasteiger charge is 2.20. The molecule has 1 amide bonds. The highest BCUT2D eigenvalue weighted by Crippen LogP contribution is 2.02. The first-order valence-corrected chi connectivity index (χ1v) is 4.56. The quantitative estimate of drug-likeness (QED) is 0.485. The monoisotopic (exact) mass is 171 g/mol. The van der Waals surface area contributed by atoms with E-state index in [4.69, 9.17) is 5.73 Å². The molecule has 0 bridgehead atoms. The van der Waals surface area contributed by atoms with Gasteiger partial charge < -0.3 is 16.4 Å².